The van der Waals surface area contributed by atoms with Crippen LogP contribution >= 0.6 is 0 Å². The highest BCUT2D eigenvalue weighted by Crippen LogP contribution is 2.09. The van der Waals surface area contributed by atoms with Gasteiger partial charge < -0.3 is 4.74 Å². The normalized spacial score (nSPS) is 10.1. The largest absolute Gasteiger partial charge is 0.495 e. The molecule has 0 aromatic heterocycles. The van der Waals surface area contributed by atoms with E-state index >= 15 is 0 Å². The smallest absolute Gasteiger partial charge is 0.136 e. The van der Waals surface area contributed by atoms with Crippen LogP contribution in [0.2, 0.25) is 0 Å². The molecule has 0 N–H and O–H groups in total. The van der Waals surface area contributed by atoms with Crippen molar-refractivity contribution in [1.82, 2.24) is 0 Å². The molecule has 0 aliphatic carbocycles. The maximum Gasteiger partial charge on any atom is 0.136 e. The van der Waals surface area contributed by atoms with Gasteiger partial charge in [-0.3, -0.25) is 0 Å². The Labute approximate surface area is 67.1 Å². The van der Waals surface area contributed by atoms with E-state index in [4.69, 9.17) is 10.00 Å². The molecule has 0 aliphatic heterocycles. The van der Waals surface area contributed by atoms with E-state index < -0.39 is 0 Å². The first kappa shape index (κ1) is 9.51. The zero-order chi connectivity index (χ0) is 8.85. The molecule has 0 atom stereocenters. The quantitative estimate of drug-likeness (QED) is 0.350. The molecule has 0 radical (unpaired) electrons. The molecule has 0 aliphatic rings. The first-order chi connectivity index (χ1) is 5.11. The molecule has 0 fully saturated rings. The molecular weight excluding hydrogens is 138 g/mol. The van der Waals surface area contributed by atoms with Crippen LogP contribution in [0.15, 0.2) is 36.1 Å². The van der Waals surface area contributed by atoms with Gasteiger partial charge in [0.2, 0.25) is 0 Å². The van der Waals surface area contributed by atoms with Crippen LogP contribution in [-0.2, 0) is 4.74 Å². The third-order valence-electron chi connectivity index (χ3n) is 1.03. The summed E-state index contributed by atoms with van der Waals surface area (Å²) in [7, 11) is 1.50. The number of ether oxygens (including phenoxy) is 1. The third-order valence-corrected chi connectivity index (χ3v) is 1.03. The molecule has 0 bridgehead atoms. The minimum atomic E-state index is 0.315. The summed E-state index contributed by atoms with van der Waals surface area (Å²) in [5.74, 6) is 0.472. The van der Waals surface area contributed by atoms with Gasteiger partial charge in [-0.05, 0) is 13.0 Å². The third kappa shape index (κ3) is 3.27. The highest BCUT2D eigenvalue weighted by atomic mass is 16.5. The Balaban J connectivity index is 4.56. The van der Waals surface area contributed by atoms with Gasteiger partial charge in [0.15, 0.2) is 0 Å². The molecule has 11 heavy (non-hydrogen) atoms. The first-order valence-electron chi connectivity index (χ1n) is 3.12. The van der Waals surface area contributed by atoms with Gasteiger partial charge in [-0.25, -0.2) is 0 Å². The lowest BCUT2D eigenvalue weighted by molar-refractivity contribution is 0.303. The van der Waals surface area contributed by atoms with Crippen molar-refractivity contribution < 1.29 is 4.74 Å². The minimum absolute atomic E-state index is 0.315. The highest BCUT2D eigenvalue weighted by Gasteiger charge is 1.99. The number of hydrogen-bond acceptors (Lipinski definition) is 2. The van der Waals surface area contributed by atoms with Gasteiger partial charge in [0, 0.05) is 0 Å². The van der Waals surface area contributed by atoms with Gasteiger partial charge in [-0.1, -0.05) is 18.7 Å². The number of allylic oxidation sites excluding steroid dienone is 3. The molecule has 58 valence electrons. The maximum absolute atomic E-state index is 8.45. The lowest BCUT2D eigenvalue weighted by Gasteiger charge is -2.01. The average molecular weight is 149 g/mol. The highest BCUT2D eigenvalue weighted by molar-refractivity contribution is 5.38. The van der Waals surface area contributed by atoms with Gasteiger partial charge in [0.25, 0.3) is 0 Å². The number of nitriles is 1. The number of methoxy groups -OCH3 is 1. The monoisotopic (exact) mass is 149 g/mol. The molecule has 0 aromatic carbocycles. The molecule has 2 heteroatoms. The van der Waals surface area contributed by atoms with Crippen molar-refractivity contribution in [2.24, 2.45) is 0 Å². The second-order valence-electron chi connectivity index (χ2n) is 2.15. The van der Waals surface area contributed by atoms with E-state index in [1.165, 1.54) is 7.11 Å². The molecule has 0 unspecified atom stereocenters. The standard InChI is InChI=1S/C9H11NO/c1-7(2)5-9(11-4)8(3)6-10/h5H,1,3H2,2,4H3/b9-5+. The van der Waals surface area contributed by atoms with Crippen molar-refractivity contribution in [2.75, 3.05) is 7.11 Å². The average Bonchev–Trinajstić information content (AvgIpc) is 1.98. The zero-order valence-electron chi connectivity index (χ0n) is 6.85. The summed E-state index contributed by atoms with van der Waals surface area (Å²) in [6.45, 7) is 8.98. The van der Waals surface area contributed by atoms with Crippen LogP contribution in [0.5, 0.6) is 0 Å². The fourth-order valence-electron chi connectivity index (χ4n) is 0.548. The number of hydrogen-bond donors (Lipinski definition) is 0. The van der Waals surface area contributed by atoms with Crippen molar-refractivity contribution in [3.05, 3.63) is 36.1 Å². The molecule has 0 saturated carbocycles. The molecule has 0 aromatic rings. The summed E-state index contributed by atoms with van der Waals surface area (Å²) in [5, 5.41) is 8.45. The van der Waals surface area contributed by atoms with Crippen molar-refractivity contribution in [2.45, 2.75) is 6.92 Å². The summed E-state index contributed by atoms with van der Waals surface area (Å²) < 4.78 is 4.89. The number of nitrogens with zero attached hydrogens (tertiary/aromatic N) is 1. The predicted molar refractivity (Wildman–Crippen MR) is 44.7 cm³/mol. The van der Waals surface area contributed by atoms with Crippen molar-refractivity contribution in [1.29, 1.82) is 5.26 Å². The summed E-state index contributed by atoms with van der Waals surface area (Å²) in [6, 6.07) is 1.89. The lowest BCUT2D eigenvalue weighted by atomic mass is 10.2. The molecular formula is C9H11NO. The summed E-state index contributed by atoms with van der Waals surface area (Å²) in [6.07, 6.45) is 1.67. The van der Waals surface area contributed by atoms with Crippen LogP contribution in [0, 0.1) is 11.3 Å². The van der Waals surface area contributed by atoms with Crippen LogP contribution in [0.1, 0.15) is 6.92 Å². The van der Waals surface area contributed by atoms with Gasteiger partial charge in [-0.2, -0.15) is 5.26 Å². The van der Waals surface area contributed by atoms with E-state index in [0.29, 0.717) is 11.3 Å². The summed E-state index contributed by atoms with van der Waals surface area (Å²) >= 11 is 0. The van der Waals surface area contributed by atoms with Crippen molar-refractivity contribution in [3.8, 4) is 6.07 Å². The van der Waals surface area contributed by atoms with Crippen LogP contribution in [-0.4, -0.2) is 7.11 Å². The number of rotatable bonds is 3. The van der Waals surface area contributed by atoms with Gasteiger partial charge in [0.1, 0.15) is 11.8 Å². The molecule has 2 nitrogen and oxygen atoms in total. The second-order valence-corrected chi connectivity index (χ2v) is 2.15. The zero-order valence-corrected chi connectivity index (χ0v) is 6.85. The fraction of sp³-hybridized carbons (Fsp3) is 0.222. The Morgan fingerprint density at radius 1 is 1.55 bits per heavy atom. The molecule has 0 saturated heterocycles. The molecule has 0 rings (SSSR count). The lowest BCUT2D eigenvalue weighted by Crippen LogP contribution is -1.88. The topological polar surface area (TPSA) is 33.0 Å². The van der Waals surface area contributed by atoms with Gasteiger partial charge in [0.05, 0.1) is 12.7 Å². The second kappa shape index (κ2) is 4.35. The van der Waals surface area contributed by atoms with Gasteiger partial charge in [-0.15, -0.1) is 0 Å². The van der Waals surface area contributed by atoms with E-state index in [1.807, 2.05) is 13.0 Å². The first-order valence-corrected chi connectivity index (χ1v) is 3.12. The van der Waals surface area contributed by atoms with E-state index in [1.54, 1.807) is 6.08 Å². The minimum Gasteiger partial charge on any atom is -0.495 e. The summed E-state index contributed by atoms with van der Waals surface area (Å²) in [5.41, 5.74) is 1.15. The fourth-order valence-corrected chi connectivity index (χ4v) is 0.548. The Bertz CT molecular complexity index is 243. The van der Waals surface area contributed by atoms with Crippen LogP contribution < -0.4 is 0 Å². The predicted octanol–water partition coefficient (Wildman–Crippen LogP) is 2.17. The Hall–Kier alpha value is -1.49. The Morgan fingerprint density at radius 2 is 2.09 bits per heavy atom. The molecule has 0 amide bonds. The van der Waals surface area contributed by atoms with Crippen LogP contribution in [0.3, 0.4) is 0 Å². The van der Waals surface area contributed by atoms with E-state index in [9.17, 15) is 0 Å². The SMILES string of the molecule is C=C(C)/C=C(/OC)C(=C)C#N. The Kier molecular flexibility index (Phi) is 3.76. The Morgan fingerprint density at radius 3 is 2.36 bits per heavy atom. The van der Waals surface area contributed by atoms with Crippen LogP contribution in [0.4, 0.5) is 0 Å². The van der Waals surface area contributed by atoms with Crippen LogP contribution in [0.25, 0.3) is 0 Å². The van der Waals surface area contributed by atoms with Gasteiger partial charge >= 0.3 is 0 Å². The molecule has 0 heterocycles. The van der Waals surface area contributed by atoms with Crippen molar-refractivity contribution >= 4 is 0 Å². The van der Waals surface area contributed by atoms with E-state index in [-0.39, 0.29) is 0 Å². The van der Waals surface area contributed by atoms with Crippen molar-refractivity contribution in [3.63, 3.8) is 0 Å². The van der Waals surface area contributed by atoms with E-state index in [2.05, 4.69) is 13.2 Å². The molecule has 0 spiro atoms. The summed E-state index contributed by atoms with van der Waals surface area (Å²) in [4.78, 5) is 0. The maximum atomic E-state index is 8.45. The van der Waals surface area contributed by atoms with E-state index in [0.717, 1.165) is 5.57 Å².